The monoisotopic (exact) mass is 232 g/mol. The van der Waals surface area contributed by atoms with Crippen LogP contribution in [-0.4, -0.2) is 31.0 Å². The molecule has 0 saturated heterocycles. The second-order valence-corrected chi connectivity index (χ2v) is 3.93. The van der Waals surface area contributed by atoms with Gasteiger partial charge in [0.2, 0.25) is 0 Å². The Balaban J connectivity index is 2.44. The minimum absolute atomic E-state index is 0.504. The first-order valence-corrected chi connectivity index (χ1v) is 5.29. The Hall–Kier alpha value is -2.17. The molecule has 0 spiro atoms. The van der Waals surface area contributed by atoms with Crippen molar-refractivity contribution in [2.75, 3.05) is 31.8 Å². The fourth-order valence-electron chi connectivity index (χ4n) is 1.62. The van der Waals surface area contributed by atoms with E-state index in [9.17, 15) is 0 Å². The van der Waals surface area contributed by atoms with Crippen LogP contribution in [0.15, 0.2) is 30.3 Å². The van der Waals surface area contributed by atoms with Crippen molar-refractivity contribution in [2.45, 2.75) is 0 Å². The van der Waals surface area contributed by atoms with E-state index in [-0.39, 0.29) is 0 Å². The lowest BCUT2D eigenvalue weighted by atomic mass is 10.3. The molecular formula is C12H16N4O. The zero-order chi connectivity index (χ0) is 12.4. The van der Waals surface area contributed by atoms with E-state index < -0.39 is 0 Å². The molecule has 0 radical (unpaired) electrons. The summed E-state index contributed by atoms with van der Waals surface area (Å²) in [6.45, 7) is 0. The lowest BCUT2D eigenvalue weighted by Crippen LogP contribution is -2.14. The summed E-state index contributed by atoms with van der Waals surface area (Å²) in [5.74, 6) is 2.26. The van der Waals surface area contributed by atoms with Gasteiger partial charge in [0.25, 0.3) is 0 Å². The van der Waals surface area contributed by atoms with Crippen LogP contribution in [0.5, 0.6) is 5.75 Å². The number of methoxy groups -OCH3 is 1. The van der Waals surface area contributed by atoms with Gasteiger partial charge in [0, 0.05) is 20.2 Å². The third-order valence-corrected chi connectivity index (χ3v) is 2.48. The Morgan fingerprint density at radius 3 is 2.41 bits per heavy atom. The molecule has 2 aromatic rings. The minimum Gasteiger partial charge on any atom is -0.497 e. The maximum absolute atomic E-state index is 5.73. The van der Waals surface area contributed by atoms with Crippen LogP contribution in [0.1, 0.15) is 0 Å². The lowest BCUT2D eigenvalue weighted by Gasteiger charge is -2.14. The van der Waals surface area contributed by atoms with Gasteiger partial charge < -0.3 is 15.4 Å². The molecule has 0 amide bonds. The Kier molecular flexibility index (Phi) is 2.91. The van der Waals surface area contributed by atoms with Crippen molar-refractivity contribution >= 4 is 11.6 Å². The number of anilines is 2. The molecule has 0 fully saturated rings. The van der Waals surface area contributed by atoms with Crippen LogP contribution in [0.2, 0.25) is 0 Å². The number of hydrogen-bond donors (Lipinski definition) is 1. The molecule has 0 saturated carbocycles. The van der Waals surface area contributed by atoms with Gasteiger partial charge >= 0.3 is 0 Å². The molecule has 1 heterocycles. The molecule has 0 unspecified atom stereocenters. The molecule has 1 aromatic heterocycles. The summed E-state index contributed by atoms with van der Waals surface area (Å²) in [7, 11) is 5.55. The van der Waals surface area contributed by atoms with E-state index in [1.165, 1.54) is 0 Å². The van der Waals surface area contributed by atoms with E-state index in [1.807, 2.05) is 49.3 Å². The molecule has 0 bridgehead atoms. The van der Waals surface area contributed by atoms with Crippen LogP contribution in [0.3, 0.4) is 0 Å². The Morgan fingerprint density at radius 2 is 1.88 bits per heavy atom. The number of nitrogens with zero attached hydrogens (tertiary/aromatic N) is 3. The van der Waals surface area contributed by atoms with Gasteiger partial charge in [0.05, 0.1) is 12.8 Å². The lowest BCUT2D eigenvalue weighted by molar-refractivity contribution is 0.414. The minimum atomic E-state index is 0.504. The molecule has 5 heteroatoms. The highest BCUT2D eigenvalue weighted by Gasteiger charge is 2.09. The smallest absolute Gasteiger partial charge is 0.148 e. The highest BCUT2D eigenvalue weighted by molar-refractivity contribution is 5.53. The van der Waals surface area contributed by atoms with Crippen molar-refractivity contribution in [3.8, 4) is 11.4 Å². The highest BCUT2D eigenvalue weighted by Crippen LogP contribution is 2.22. The fraction of sp³-hybridized carbons (Fsp3) is 0.250. The van der Waals surface area contributed by atoms with Crippen LogP contribution in [-0.2, 0) is 0 Å². The molecule has 90 valence electrons. The molecule has 5 nitrogen and oxygen atoms in total. The third-order valence-electron chi connectivity index (χ3n) is 2.48. The molecule has 0 atom stereocenters. The van der Waals surface area contributed by atoms with Gasteiger partial charge in [-0.3, -0.25) is 0 Å². The van der Waals surface area contributed by atoms with Crippen molar-refractivity contribution in [3.63, 3.8) is 0 Å². The normalized spacial score (nSPS) is 10.3. The maximum atomic E-state index is 5.73. The van der Waals surface area contributed by atoms with Gasteiger partial charge in [-0.2, -0.15) is 0 Å². The number of hydrogen-bond acceptors (Lipinski definition) is 4. The first-order chi connectivity index (χ1) is 8.11. The Labute approximate surface area is 100 Å². The molecule has 17 heavy (non-hydrogen) atoms. The molecular weight excluding hydrogens is 216 g/mol. The molecule has 0 aliphatic heterocycles. The summed E-state index contributed by atoms with van der Waals surface area (Å²) in [6, 6.07) is 9.51. The van der Waals surface area contributed by atoms with Crippen LogP contribution in [0, 0.1) is 0 Å². The maximum Gasteiger partial charge on any atom is 0.148 e. The number of benzene rings is 1. The third kappa shape index (κ3) is 2.18. The second kappa shape index (κ2) is 4.37. The summed E-state index contributed by atoms with van der Waals surface area (Å²) in [6.07, 6.45) is 0. The van der Waals surface area contributed by atoms with E-state index in [4.69, 9.17) is 10.5 Å². The molecule has 2 rings (SSSR count). The average molecular weight is 232 g/mol. The number of ether oxygens (including phenoxy) is 1. The average Bonchev–Trinajstić information content (AvgIpc) is 2.72. The number of rotatable bonds is 3. The first kappa shape index (κ1) is 11.3. The predicted octanol–water partition coefficient (Wildman–Crippen LogP) is 1.53. The van der Waals surface area contributed by atoms with Gasteiger partial charge in [0.15, 0.2) is 0 Å². The van der Waals surface area contributed by atoms with E-state index in [0.29, 0.717) is 5.82 Å². The fourth-order valence-corrected chi connectivity index (χ4v) is 1.62. The van der Waals surface area contributed by atoms with Gasteiger partial charge in [0.1, 0.15) is 17.4 Å². The van der Waals surface area contributed by atoms with Gasteiger partial charge in [-0.25, -0.2) is 4.68 Å². The van der Waals surface area contributed by atoms with Crippen LogP contribution < -0.4 is 15.4 Å². The van der Waals surface area contributed by atoms with Gasteiger partial charge in [-0.05, 0) is 24.3 Å². The largest absolute Gasteiger partial charge is 0.497 e. The standard InChI is InChI=1S/C12H16N4O/c1-15(2)12-8-11(13)14-16(12)9-4-6-10(17-3)7-5-9/h4-8H,1-3H3,(H2,13,14). The Bertz CT molecular complexity index is 502. The predicted molar refractivity (Wildman–Crippen MR) is 68.9 cm³/mol. The molecule has 0 aliphatic rings. The first-order valence-electron chi connectivity index (χ1n) is 5.29. The van der Waals surface area contributed by atoms with E-state index >= 15 is 0 Å². The summed E-state index contributed by atoms with van der Waals surface area (Å²) < 4.78 is 6.92. The summed E-state index contributed by atoms with van der Waals surface area (Å²) >= 11 is 0. The van der Waals surface area contributed by atoms with Crippen LogP contribution >= 0.6 is 0 Å². The van der Waals surface area contributed by atoms with E-state index in [1.54, 1.807) is 11.8 Å². The Morgan fingerprint density at radius 1 is 1.24 bits per heavy atom. The van der Waals surface area contributed by atoms with Crippen molar-refractivity contribution in [2.24, 2.45) is 0 Å². The molecule has 1 aromatic carbocycles. The van der Waals surface area contributed by atoms with Crippen molar-refractivity contribution in [3.05, 3.63) is 30.3 Å². The zero-order valence-electron chi connectivity index (χ0n) is 10.2. The van der Waals surface area contributed by atoms with Crippen LogP contribution in [0.25, 0.3) is 5.69 Å². The molecule has 2 N–H and O–H groups in total. The van der Waals surface area contributed by atoms with Gasteiger partial charge in [-0.1, -0.05) is 0 Å². The summed E-state index contributed by atoms with van der Waals surface area (Å²) in [5, 5.41) is 4.27. The molecule has 0 aliphatic carbocycles. The summed E-state index contributed by atoms with van der Waals surface area (Å²) in [4.78, 5) is 1.97. The van der Waals surface area contributed by atoms with E-state index in [0.717, 1.165) is 17.3 Å². The van der Waals surface area contributed by atoms with Crippen molar-refractivity contribution < 1.29 is 4.74 Å². The van der Waals surface area contributed by atoms with E-state index in [2.05, 4.69) is 5.10 Å². The van der Waals surface area contributed by atoms with Crippen molar-refractivity contribution in [1.82, 2.24) is 9.78 Å². The SMILES string of the molecule is COc1ccc(-n2nc(N)cc2N(C)C)cc1. The summed E-state index contributed by atoms with van der Waals surface area (Å²) in [5.41, 5.74) is 6.68. The topological polar surface area (TPSA) is 56.3 Å². The second-order valence-electron chi connectivity index (χ2n) is 3.93. The number of nitrogens with two attached hydrogens (primary N) is 1. The van der Waals surface area contributed by atoms with Gasteiger partial charge in [-0.15, -0.1) is 5.10 Å². The number of aromatic nitrogens is 2. The quantitative estimate of drug-likeness (QED) is 0.872. The highest BCUT2D eigenvalue weighted by atomic mass is 16.5. The van der Waals surface area contributed by atoms with Crippen LogP contribution in [0.4, 0.5) is 11.6 Å². The zero-order valence-corrected chi connectivity index (χ0v) is 10.2. The number of nitrogen functional groups attached to an aromatic ring is 1. The van der Waals surface area contributed by atoms with Crippen molar-refractivity contribution in [1.29, 1.82) is 0 Å².